The van der Waals surface area contributed by atoms with E-state index in [4.69, 9.17) is 9.47 Å². The van der Waals surface area contributed by atoms with E-state index in [1.165, 1.54) is 30.3 Å². The van der Waals surface area contributed by atoms with Crippen molar-refractivity contribution in [2.75, 3.05) is 0 Å². The van der Waals surface area contributed by atoms with Crippen molar-refractivity contribution >= 4 is 17.8 Å². The van der Waals surface area contributed by atoms with Crippen LogP contribution in [0.4, 0.5) is 4.39 Å². The van der Waals surface area contributed by atoms with Crippen LogP contribution in [0.15, 0.2) is 72.5 Å². The van der Waals surface area contributed by atoms with Crippen molar-refractivity contribution in [3.8, 4) is 11.5 Å². The lowest BCUT2D eigenvalue weighted by Crippen LogP contribution is -2.08. The smallest absolute Gasteiger partial charge is 0.343 e. The molecule has 5 heteroatoms. The third-order valence-electron chi connectivity index (χ3n) is 4.33. The Morgan fingerprint density at radius 1 is 1.04 bits per heavy atom. The number of carbonyl (C=O) groups is 2. The molecule has 0 amide bonds. The minimum atomic E-state index is -0.508. The second-order valence-corrected chi connectivity index (χ2v) is 6.37. The molecule has 0 radical (unpaired) electrons. The van der Waals surface area contributed by atoms with Crippen LogP contribution in [-0.2, 0) is 0 Å². The first-order valence-electron chi connectivity index (χ1n) is 8.63. The van der Waals surface area contributed by atoms with Gasteiger partial charge in [-0.3, -0.25) is 4.79 Å². The Hall–Kier alpha value is -3.73. The summed E-state index contributed by atoms with van der Waals surface area (Å²) in [5.41, 5.74) is 2.04. The zero-order valence-electron chi connectivity index (χ0n) is 14.9. The van der Waals surface area contributed by atoms with E-state index >= 15 is 0 Å². The number of benzene rings is 3. The van der Waals surface area contributed by atoms with Gasteiger partial charge in [0.2, 0.25) is 5.78 Å². The van der Waals surface area contributed by atoms with Gasteiger partial charge in [-0.1, -0.05) is 35.9 Å². The first-order chi connectivity index (χ1) is 13.5. The number of hydrogen-bond acceptors (Lipinski definition) is 4. The lowest BCUT2D eigenvalue weighted by molar-refractivity contribution is 0.0734. The predicted molar refractivity (Wildman–Crippen MR) is 102 cm³/mol. The highest BCUT2D eigenvalue weighted by Crippen LogP contribution is 2.35. The van der Waals surface area contributed by atoms with Crippen LogP contribution in [-0.4, -0.2) is 11.8 Å². The highest BCUT2D eigenvalue weighted by molar-refractivity contribution is 6.14. The molecule has 0 N–H and O–H groups in total. The van der Waals surface area contributed by atoms with Crippen molar-refractivity contribution in [1.29, 1.82) is 0 Å². The number of ketones is 1. The van der Waals surface area contributed by atoms with Gasteiger partial charge in [0.05, 0.1) is 11.1 Å². The fourth-order valence-electron chi connectivity index (χ4n) is 2.82. The molecule has 1 aliphatic rings. The van der Waals surface area contributed by atoms with Gasteiger partial charge in [0, 0.05) is 11.6 Å². The second kappa shape index (κ2) is 7.12. The molecule has 28 heavy (non-hydrogen) atoms. The van der Waals surface area contributed by atoms with Crippen LogP contribution < -0.4 is 9.47 Å². The Morgan fingerprint density at radius 2 is 1.79 bits per heavy atom. The van der Waals surface area contributed by atoms with Crippen molar-refractivity contribution in [3.05, 3.63) is 101 Å². The number of aryl methyl sites for hydroxylation is 1. The van der Waals surface area contributed by atoms with E-state index in [2.05, 4.69) is 0 Å². The molecule has 0 aliphatic carbocycles. The van der Waals surface area contributed by atoms with Crippen LogP contribution >= 0.6 is 0 Å². The van der Waals surface area contributed by atoms with E-state index in [9.17, 15) is 14.0 Å². The maximum absolute atomic E-state index is 13.8. The molecule has 3 aromatic carbocycles. The van der Waals surface area contributed by atoms with E-state index in [1.54, 1.807) is 30.3 Å². The molecule has 4 nitrogen and oxygen atoms in total. The largest absolute Gasteiger partial charge is 0.452 e. The molecule has 0 unspecified atom stereocenters. The van der Waals surface area contributed by atoms with Gasteiger partial charge in [0.1, 0.15) is 17.3 Å². The molecule has 1 heterocycles. The Bertz CT molecular complexity index is 1110. The molecule has 4 rings (SSSR count). The minimum absolute atomic E-state index is 0.0158. The molecule has 0 bridgehead atoms. The third kappa shape index (κ3) is 3.42. The van der Waals surface area contributed by atoms with Crippen LogP contribution in [0.5, 0.6) is 11.5 Å². The second-order valence-electron chi connectivity index (χ2n) is 6.37. The highest BCUT2D eigenvalue weighted by atomic mass is 19.1. The summed E-state index contributed by atoms with van der Waals surface area (Å²) in [5, 5.41) is 0. The van der Waals surface area contributed by atoms with Crippen molar-refractivity contribution in [2.24, 2.45) is 0 Å². The summed E-state index contributed by atoms with van der Waals surface area (Å²) in [4.78, 5) is 24.7. The molecule has 0 spiro atoms. The maximum atomic E-state index is 13.8. The normalized spacial score (nSPS) is 13.9. The fourth-order valence-corrected chi connectivity index (χ4v) is 2.82. The number of allylic oxidation sites excluding steroid dienone is 1. The first kappa shape index (κ1) is 17.7. The third-order valence-corrected chi connectivity index (χ3v) is 4.33. The van der Waals surface area contributed by atoms with E-state index < -0.39 is 11.8 Å². The monoisotopic (exact) mass is 374 g/mol. The minimum Gasteiger partial charge on any atom is -0.452 e. The Kier molecular flexibility index (Phi) is 4.49. The summed E-state index contributed by atoms with van der Waals surface area (Å²) in [5.74, 6) is -0.774. The van der Waals surface area contributed by atoms with Gasteiger partial charge in [-0.05, 0) is 43.3 Å². The summed E-state index contributed by atoms with van der Waals surface area (Å²) >= 11 is 0. The van der Waals surface area contributed by atoms with Crippen LogP contribution in [0.1, 0.15) is 31.8 Å². The van der Waals surface area contributed by atoms with Crippen LogP contribution in [0.2, 0.25) is 0 Å². The zero-order chi connectivity index (χ0) is 19.7. The van der Waals surface area contributed by atoms with Gasteiger partial charge in [0.25, 0.3) is 0 Å². The molecule has 0 saturated carbocycles. The Balaban J connectivity index is 1.56. The average molecular weight is 374 g/mol. The number of hydrogen-bond donors (Lipinski definition) is 0. The number of Topliss-reactive ketones (excluding diaryl/α,β-unsaturated/α-hetero) is 1. The number of fused-ring (bicyclic) bond motifs is 1. The quantitative estimate of drug-likeness (QED) is 0.369. The Labute approximate surface area is 160 Å². The SMILES string of the molecule is Cc1ccc(C(=O)Oc2ccc3c(c2)OC(=Cc2ccccc2F)C3=O)cc1. The topological polar surface area (TPSA) is 52.6 Å². The summed E-state index contributed by atoms with van der Waals surface area (Å²) < 4.78 is 24.8. The van der Waals surface area contributed by atoms with Gasteiger partial charge >= 0.3 is 5.97 Å². The molecule has 0 aromatic heterocycles. The zero-order valence-corrected chi connectivity index (χ0v) is 14.9. The number of rotatable bonds is 3. The van der Waals surface area contributed by atoms with Crippen LogP contribution in [0, 0.1) is 12.7 Å². The van der Waals surface area contributed by atoms with E-state index in [0.717, 1.165) is 5.56 Å². The molecular weight excluding hydrogens is 359 g/mol. The van der Waals surface area contributed by atoms with Crippen molar-refractivity contribution in [1.82, 2.24) is 0 Å². The number of ether oxygens (including phenoxy) is 2. The highest BCUT2D eigenvalue weighted by Gasteiger charge is 2.28. The lowest BCUT2D eigenvalue weighted by Gasteiger charge is -2.06. The van der Waals surface area contributed by atoms with E-state index in [-0.39, 0.29) is 28.6 Å². The molecular formula is C23H15FO4. The van der Waals surface area contributed by atoms with Gasteiger partial charge in [-0.25, -0.2) is 9.18 Å². The molecule has 0 saturated heterocycles. The van der Waals surface area contributed by atoms with Crippen LogP contribution in [0.25, 0.3) is 6.08 Å². The van der Waals surface area contributed by atoms with Crippen molar-refractivity contribution in [3.63, 3.8) is 0 Å². The molecule has 1 aliphatic heterocycles. The van der Waals surface area contributed by atoms with Gasteiger partial charge in [-0.15, -0.1) is 0 Å². The molecule has 0 fully saturated rings. The summed E-state index contributed by atoms with van der Waals surface area (Å²) in [7, 11) is 0. The first-order valence-corrected chi connectivity index (χ1v) is 8.63. The average Bonchev–Trinajstić information content (AvgIpc) is 2.99. The summed E-state index contributed by atoms with van der Waals surface area (Å²) in [6, 6.07) is 17.6. The lowest BCUT2D eigenvalue weighted by atomic mass is 10.1. The number of halogens is 1. The van der Waals surface area contributed by atoms with Crippen molar-refractivity contribution < 1.29 is 23.5 Å². The predicted octanol–water partition coefficient (Wildman–Crippen LogP) is 4.97. The molecule has 3 aromatic rings. The van der Waals surface area contributed by atoms with Crippen molar-refractivity contribution in [2.45, 2.75) is 6.92 Å². The summed E-state index contributed by atoms with van der Waals surface area (Å²) in [6.45, 7) is 1.93. The fraction of sp³-hybridized carbons (Fsp3) is 0.0435. The maximum Gasteiger partial charge on any atom is 0.343 e. The standard InChI is InChI=1S/C23H15FO4/c1-14-6-8-15(9-7-14)23(26)27-17-10-11-18-20(13-17)28-21(22(18)25)12-16-4-2-3-5-19(16)24/h2-13H,1H3. The Morgan fingerprint density at radius 3 is 2.54 bits per heavy atom. The number of esters is 1. The van der Waals surface area contributed by atoms with Gasteiger partial charge in [0.15, 0.2) is 5.76 Å². The van der Waals surface area contributed by atoms with E-state index in [1.807, 2.05) is 19.1 Å². The number of carbonyl (C=O) groups excluding carboxylic acids is 2. The molecule has 138 valence electrons. The van der Waals surface area contributed by atoms with Gasteiger partial charge < -0.3 is 9.47 Å². The van der Waals surface area contributed by atoms with Crippen LogP contribution in [0.3, 0.4) is 0 Å². The van der Waals surface area contributed by atoms with E-state index in [0.29, 0.717) is 11.1 Å². The van der Waals surface area contributed by atoms with Gasteiger partial charge in [-0.2, -0.15) is 0 Å². The summed E-state index contributed by atoms with van der Waals surface area (Å²) in [6.07, 6.45) is 1.36. The molecule has 0 atom stereocenters.